The monoisotopic (exact) mass is 419 g/mol. The van der Waals surface area contributed by atoms with Crippen LogP contribution in [0.3, 0.4) is 0 Å². The van der Waals surface area contributed by atoms with Crippen molar-refractivity contribution in [3.05, 3.63) is 35.9 Å². The highest BCUT2D eigenvalue weighted by Crippen LogP contribution is 2.31. The fraction of sp³-hybridized carbons (Fsp3) is 0.609. The van der Waals surface area contributed by atoms with E-state index in [0.717, 1.165) is 0 Å². The van der Waals surface area contributed by atoms with Gasteiger partial charge in [0.2, 0.25) is 11.8 Å². The molecule has 0 spiro atoms. The summed E-state index contributed by atoms with van der Waals surface area (Å²) in [6.45, 7) is 14.5. The SMILES string of the molecule is CCC(C)(C)N(C(=O)CNC(=O)OC(C)(C)C)C(C(=O)NC(C)C)c1ccccc1. The summed E-state index contributed by atoms with van der Waals surface area (Å²) in [4.78, 5) is 40.1. The van der Waals surface area contributed by atoms with Crippen molar-refractivity contribution in [2.45, 2.75) is 85.0 Å². The van der Waals surface area contributed by atoms with E-state index in [0.29, 0.717) is 12.0 Å². The molecule has 0 heterocycles. The van der Waals surface area contributed by atoms with Gasteiger partial charge in [0, 0.05) is 11.6 Å². The molecular formula is C23H37N3O4. The summed E-state index contributed by atoms with van der Waals surface area (Å²) in [6.07, 6.45) is -0.0447. The third-order valence-corrected chi connectivity index (χ3v) is 4.62. The zero-order valence-electron chi connectivity index (χ0n) is 19.5. The highest BCUT2D eigenvalue weighted by molar-refractivity contribution is 5.91. The second-order valence-electron chi connectivity index (χ2n) is 9.26. The molecule has 1 rings (SSSR count). The Labute approximate surface area is 180 Å². The van der Waals surface area contributed by atoms with Gasteiger partial charge in [-0.15, -0.1) is 0 Å². The van der Waals surface area contributed by atoms with E-state index in [4.69, 9.17) is 4.74 Å². The highest BCUT2D eigenvalue weighted by atomic mass is 16.6. The molecule has 1 unspecified atom stereocenters. The maximum Gasteiger partial charge on any atom is 0.408 e. The zero-order chi connectivity index (χ0) is 23.1. The normalized spacial score (nSPS) is 12.8. The Morgan fingerprint density at radius 3 is 2.07 bits per heavy atom. The molecule has 0 radical (unpaired) electrons. The Bertz CT molecular complexity index is 724. The maximum absolute atomic E-state index is 13.3. The van der Waals surface area contributed by atoms with Crippen molar-refractivity contribution >= 4 is 17.9 Å². The van der Waals surface area contributed by atoms with Gasteiger partial charge in [-0.1, -0.05) is 37.3 Å². The lowest BCUT2D eigenvalue weighted by Crippen LogP contribution is -2.56. The average molecular weight is 420 g/mol. The van der Waals surface area contributed by atoms with Crippen LogP contribution in [0, 0.1) is 0 Å². The topological polar surface area (TPSA) is 87.7 Å². The standard InChI is InChI=1S/C23H37N3O4/c1-9-23(7,8)26(18(27)15-24-21(29)30-22(4,5)6)19(20(28)25-16(2)3)17-13-11-10-12-14-17/h10-14,16,19H,9,15H2,1-8H3,(H,24,29)(H,25,28). The van der Waals surface area contributed by atoms with Gasteiger partial charge in [-0.2, -0.15) is 0 Å². The van der Waals surface area contributed by atoms with Crippen LogP contribution in [0.5, 0.6) is 0 Å². The largest absolute Gasteiger partial charge is 0.444 e. The number of amides is 3. The smallest absolute Gasteiger partial charge is 0.408 e. The van der Waals surface area contributed by atoms with Crippen LogP contribution in [-0.2, 0) is 14.3 Å². The van der Waals surface area contributed by atoms with E-state index in [9.17, 15) is 14.4 Å². The number of benzene rings is 1. The molecule has 0 fully saturated rings. The van der Waals surface area contributed by atoms with E-state index in [1.54, 1.807) is 25.7 Å². The van der Waals surface area contributed by atoms with Crippen LogP contribution in [0.15, 0.2) is 30.3 Å². The molecule has 0 aliphatic heterocycles. The third kappa shape index (κ3) is 7.69. The average Bonchev–Trinajstić information content (AvgIpc) is 2.62. The molecule has 1 aromatic carbocycles. The minimum Gasteiger partial charge on any atom is -0.444 e. The molecule has 3 amide bonds. The molecule has 30 heavy (non-hydrogen) atoms. The maximum atomic E-state index is 13.3. The molecule has 2 N–H and O–H groups in total. The molecule has 0 bridgehead atoms. The van der Waals surface area contributed by atoms with Crippen LogP contribution in [0.25, 0.3) is 0 Å². The second kappa shape index (κ2) is 10.5. The number of alkyl carbamates (subject to hydrolysis) is 1. The van der Waals surface area contributed by atoms with Crippen molar-refractivity contribution in [3.8, 4) is 0 Å². The van der Waals surface area contributed by atoms with E-state index < -0.39 is 23.3 Å². The number of rotatable bonds is 8. The summed E-state index contributed by atoms with van der Waals surface area (Å²) in [6, 6.07) is 8.30. The molecule has 1 aromatic rings. The van der Waals surface area contributed by atoms with Crippen molar-refractivity contribution in [2.75, 3.05) is 6.54 Å². The number of ether oxygens (including phenoxy) is 1. The number of hydrogen-bond acceptors (Lipinski definition) is 4. The molecule has 168 valence electrons. The molecule has 0 saturated carbocycles. The number of hydrogen-bond donors (Lipinski definition) is 2. The van der Waals surface area contributed by atoms with Crippen LogP contribution in [-0.4, -0.2) is 46.5 Å². The number of nitrogens with one attached hydrogen (secondary N) is 2. The lowest BCUT2D eigenvalue weighted by molar-refractivity contribution is -0.147. The predicted octanol–water partition coefficient (Wildman–Crippen LogP) is 3.79. The first kappa shape index (κ1) is 25.5. The minimum atomic E-state index is -0.823. The number of carbonyl (C=O) groups excluding carboxylic acids is 3. The van der Waals surface area contributed by atoms with E-state index in [2.05, 4.69) is 10.6 Å². The first-order chi connectivity index (χ1) is 13.8. The van der Waals surface area contributed by atoms with Gasteiger partial charge in [-0.05, 0) is 60.5 Å². The van der Waals surface area contributed by atoms with Crippen molar-refractivity contribution in [1.82, 2.24) is 15.5 Å². The quantitative estimate of drug-likeness (QED) is 0.671. The summed E-state index contributed by atoms with van der Waals surface area (Å²) >= 11 is 0. The van der Waals surface area contributed by atoms with Crippen LogP contribution in [0.2, 0.25) is 0 Å². The van der Waals surface area contributed by atoms with Gasteiger partial charge in [0.15, 0.2) is 0 Å². The van der Waals surface area contributed by atoms with Crippen molar-refractivity contribution in [3.63, 3.8) is 0 Å². The predicted molar refractivity (Wildman–Crippen MR) is 118 cm³/mol. The van der Waals surface area contributed by atoms with E-state index in [1.165, 1.54) is 0 Å². The van der Waals surface area contributed by atoms with E-state index >= 15 is 0 Å². The van der Waals surface area contributed by atoms with Crippen molar-refractivity contribution in [1.29, 1.82) is 0 Å². The van der Waals surface area contributed by atoms with Crippen LogP contribution < -0.4 is 10.6 Å². The Hall–Kier alpha value is -2.57. The fourth-order valence-electron chi connectivity index (χ4n) is 2.97. The molecule has 0 aliphatic rings. The second-order valence-corrected chi connectivity index (χ2v) is 9.26. The van der Waals surface area contributed by atoms with E-state index in [-0.39, 0.29) is 24.4 Å². The van der Waals surface area contributed by atoms with Crippen LogP contribution in [0.1, 0.15) is 73.4 Å². The van der Waals surface area contributed by atoms with Gasteiger partial charge < -0.3 is 20.3 Å². The molecule has 7 heteroatoms. The first-order valence-corrected chi connectivity index (χ1v) is 10.4. The summed E-state index contributed by atoms with van der Waals surface area (Å²) in [5.74, 6) is -0.621. The zero-order valence-corrected chi connectivity index (χ0v) is 19.5. The van der Waals surface area contributed by atoms with Gasteiger partial charge in [0.1, 0.15) is 18.2 Å². The molecule has 0 saturated heterocycles. The molecular weight excluding hydrogens is 382 g/mol. The van der Waals surface area contributed by atoms with Gasteiger partial charge in [-0.3, -0.25) is 9.59 Å². The van der Waals surface area contributed by atoms with Crippen molar-refractivity contribution in [2.24, 2.45) is 0 Å². The summed E-state index contributed by atoms with van der Waals surface area (Å²) in [5, 5.41) is 5.44. The van der Waals surface area contributed by atoms with Crippen molar-refractivity contribution < 1.29 is 19.1 Å². The number of nitrogens with zero attached hydrogens (tertiary/aromatic N) is 1. The number of carbonyl (C=O) groups is 3. The molecule has 0 aliphatic carbocycles. The Balaban J connectivity index is 3.26. The van der Waals surface area contributed by atoms with E-state index in [1.807, 2.05) is 65.0 Å². The Morgan fingerprint density at radius 1 is 1.03 bits per heavy atom. The molecule has 7 nitrogen and oxygen atoms in total. The Kier molecular flexibility index (Phi) is 8.88. The molecule has 1 atom stereocenters. The van der Waals surface area contributed by atoms with Gasteiger partial charge in [0.25, 0.3) is 0 Å². The summed E-state index contributed by atoms with van der Waals surface area (Å²) in [5.41, 5.74) is -0.580. The summed E-state index contributed by atoms with van der Waals surface area (Å²) in [7, 11) is 0. The van der Waals surface area contributed by atoms with Gasteiger partial charge in [0.05, 0.1) is 0 Å². The minimum absolute atomic E-state index is 0.0784. The van der Waals surface area contributed by atoms with Gasteiger partial charge >= 0.3 is 6.09 Å². The summed E-state index contributed by atoms with van der Waals surface area (Å²) < 4.78 is 5.22. The third-order valence-electron chi connectivity index (χ3n) is 4.62. The highest BCUT2D eigenvalue weighted by Gasteiger charge is 2.40. The van der Waals surface area contributed by atoms with Crippen LogP contribution in [0.4, 0.5) is 4.79 Å². The molecule has 0 aromatic heterocycles. The lowest BCUT2D eigenvalue weighted by atomic mass is 9.93. The lowest BCUT2D eigenvalue weighted by Gasteiger charge is -2.43. The first-order valence-electron chi connectivity index (χ1n) is 10.4. The van der Waals surface area contributed by atoms with Crippen LogP contribution >= 0.6 is 0 Å². The Morgan fingerprint density at radius 2 is 1.60 bits per heavy atom. The fourth-order valence-corrected chi connectivity index (χ4v) is 2.97. The van der Waals surface area contributed by atoms with Gasteiger partial charge in [-0.25, -0.2) is 4.79 Å².